The summed E-state index contributed by atoms with van der Waals surface area (Å²) < 4.78 is 0. The van der Waals surface area contributed by atoms with Crippen LogP contribution >= 0.6 is 0 Å². The number of likely N-dealkylation sites (N-methyl/N-ethyl adjacent to an activating group) is 1. The molecule has 0 radical (unpaired) electrons. The van der Waals surface area contributed by atoms with Crippen LogP contribution < -0.4 is 10.2 Å². The average molecular weight is 190 g/mol. The molecule has 0 bridgehead atoms. The van der Waals surface area contributed by atoms with Crippen LogP contribution in [0.1, 0.15) is 19.4 Å². The van der Waals surface area contributed by atoms with Gasteiger partial charge >= 0.3 is 0 Å². The van der Waals surface area contributed by atoms with E-state index in [9.17, 15) is 0 Å². The van der Waals surface area contributed by atoms with Crippen LogP contribution in [0.15, 0.2) is 18.2 Å². The third kappa shape index (κ3) is 1.45. The molecule has 0 saturated carbocycles. The highest BCUT2D eigenvalue weighted by Crippen LogP contribution is 2.33. The molecule has 1 unspecified atom stereocenters. The molecule has 0 spiro atoms. The number of nitrogens with zero attached hydrogens (tertiary/aromatic N) is 1. The van der Waals surface area contributed by atoms with Gasteiger partial charge in [0.25, 0.3) is 0 Å². The molecule has 0 fully saturated rings. The van der Waals surface area contributed by atoms with Gasteiger partial charge in [0.1, 0.15) is 0 Å². The first kappa shape index (κ1) is 9.38. The summed E-state index contributed by atoms with van der Waals surface area (Å²) in [5.74, 6) is 0. The van der Waals surface area contributed by atoms with Crippen LogP contribution in [-0.2, 0) is 0 Å². The van der Waals surface area contributed by atoms with Crippen molar-refractivity contribution in [3.63, 3.8) is 0 Å². The van der Waals surface area contributed by atoms with E-state index >= 15 is 0 Å². The van der Waals surface area contributed by atoms with Crippen LogP contribution in [0.3, 0.4) is 0 Å². The molecule has 1 N–H and O–H groups in total. The highest BCUT2D eigenvalue weighted by atomic mass is 15.2. The maximum atomic E-state index is 3.55. The number of benzene rings is 1. The SMILES string of the molecule is CCN1CC(C)Nc2c(C)cccc21. The predicted molar refractivity (Wildman–Crippen MR) is 62.2 cm³/mol. The van der Waals surface area contributed by atoms with E-state index in [0.717, 1.165) is 13.1 Å². The molecule has 1 heterocycles. The van der Waals surface area contributed by atoms with Crippen molar-refractivity contribution in [1.82, 2.24) is 0 Å². The first-order chi connectivity index (χ1) is 6.72. The van der Waals surface area contributed by atoms with Crippen molar-refractivity contribution in [3.8, 4) is 0 Å². The van der Waals surface area contributed by atoms with E-state index in [1.54, 1.807) is 0 Å². The number of rotatable bonds is 1. The van der Waals surface area contributed by atoms with Gasteiger partial charge in [-0.3, -0.25) is 0 Å². The number of aryl methyl sites for hydroxylation is 1. The normalized spacial score (nSPS) is 20.2. The van der Waals surface area contributed by atoms with Crippen LogP contribution in [0, 0.1) is 6.92 Å². The highest BCUT2D eigenvalue weighted by Gasteiger charge is 2.20. The monoisotopic (exact) mass is 190 g/mol. The summed E-state index contributed by atoms with van der Waals surface area (Å²) in [5.41, 5.74) is 4.01. The lowest BCUT2D eigenvalue weighted by molar-refractivity contribution is 0.702. The van der Waals surface area contributed by atoms with Crippen LogP contribution in [-0.4, -0.2) is 19.1 Å². The fourth-order valence-electron chi connectivity index (χ4n) is 2.12. The molecular formula is C12H18N2. The standard InChI is InChI=1S/C12H18N2/c1-4-14-8-10(3)13-12-9(2)6-5-7-11(12)14/h5-7,10,13H,4,8H2,1-3H3. The first-order valence-electron chi connectivity index (χ1n) is 5.33. The third-order valence-electron chi connectivity index (χ3n) is 2.86. The fraction of sp³-hybridized carbons (Fsp3) is 0.500. The molecule has 0 amide bonds. The molecule has 0 aliphatic carbocycles. The Labute approximate surface area is 85.9 Å². The molecule has 1 aromatic carbocycles. The zero-order valence-corrected chi connectivity index (χ0v) is 9.17. The first-order valence-corrected chi connectivity index (χ1v) is 5.33. The van der Waals surface area contributed by atoms with Crippen molar-refractivity contribution in [2.45, 2.75) is 26.8 Å². The smallest absolute Gasteiger partial charge is 0.0610 e. The number of anilines is 2. The number of hydrogen-bond acceptors (Lipinski definition) is 2. The second-order valence-corrected chi connectivity index (χ2v) is 4.05. The zero-order chi connectivity index (χ0) is 10.1. The van der Waals surface area contributed by atoms with Gasteiger partial charge in [-0.1, -0.05) is 12.1 Å². The van der Waals surface area contributed by atoms with E-state index in [2.05, 4.69) is 49.2 Å². The van der Waals surface area contributed by atoms with Crippen molar-refractivity contribution in [3.05, 3.63) is 23.8 Å². The van der Waals surface area contributed by atoms with Gasteiger partial charge < -0.3 is 10.2 Å². The van der Waals surface area contributed by atoms with Crippen molar-refractivity contribution < 1.29 is 0 Å². The Bertz CT molecular complexity index is 333. The van der Waals surface area contributed by atoms with Gasteiger partial charge in [0, 0.05) is 19.1 Å². The molecule has 2 heteroatoms. The molecule has 0 aromatic heterocycles. The van der Waals surface area contributed by atoms with Gasteiger partial charge in [0.2, 0.25) is 0 Å². The Hall–Kier alpha value is -1.18. The minimum absolute atomic E-state index is 0.545. The van der Waals surface area contributed by atoms with E-state index in [0.29, 0.717) is 6.04 Å². The van der Waals surface area contributed by atoms with E-state index in [1.807, 2.05) is 0 Å². The Morgan fingerprint density at radius 3 is 3.00 bits per heavy atom. The molecule has 1 atom stereocenters. The summed E-state index contributed by atoms with van der Waals surface area (Å²) >= 11 is 0. The number of hydrogen-bond donors (Lipinski definition) is 1. The Kier molecular flexibility index (Phi) is 2.36. The van der Waals surface area contributed by atoms with Crippen LogP contribution in [0.5, 0.6) is 0 Å². The van der Waals surface area contributed by atoms with Crippen LogP contribution in [0.25, 0.3) is 0 Å². The van der Waals surface area contributed by atoms with Gasteiger partial charge in [0.05, 0.1) is 11.4 Å². The molecule has 1 aliphatic heterocycles. The van der Waals surface area contributed by atoms with E-state index in [1.165, 1.54) is 16.9 Å². The van der Waals surface area contributed by atoms with Gasteiger partial charge in [-0.05, 0) is 32.4 Å². The molecule has 2 rings (SSSR count). The van der Waals surface area contributed by atoms with Crippen molar-refractivity contribution in [2.75, 3.05) is 23.3 Å². The van der Waals surface area contributed by atoms with Crippen LogP contribution in [0.2, 0.25) is 0 Å². The molecule has 1 aliphatic rings. The largest absolute Gasteiger partial charge is 0.379 e. The Morgan fingerprint density at radius 2 is 2.29 bits per heavy atom. The lowest BCUT2D eigenvalue weighted by Crippen LogP contribution is -2.39. The van der Waals surface area contributed by atoms with Gasteiger partial charge in [0.15, 0.2) is 0 Å². The zero-order valence-electron chi connectivity index (χ0n) is 9.17. The minimum atomic E-state index is 0.545. The lowest BCUT2D eigenvalue weighted by Gasteiger charge is -2.36. The van der Waals surface area contributed by atoms with E-state index in [4.69, 9.17) is 0 Å². The van der Waals surface area contributed by atoms with Crippen LogP contribution in [0.4, 0.5) is 11.4 Å². The lowest BCUT2D eigenvalue weighted by atomic mass is 10.1. The third-order valence-corrected chi connectivity index (χ3v) is 2.86. The molecule has 0 saturated heterocycles. The number of para-hydroxylation sites is 1. The second-order valence-electron chi connectivity index (χ2n) is 4.05. The number of fused-ring (bicyclic) bond motifs is 1. The summed E-state index contributed by atoms with van der Waals surface area (Å²) in [4.78, 5) is 2.43. The highest BCUT2D eigenvalue weighted by molar-refractivity contribution is 5.75. The Morgan fingerprint density at radius 1 is 1.50 bits per heavy atom. The summed E-state index contributed by atoms with van der Waals surface area (Å²) in [6.07, 6.45) is 0. The molecule has 1 aromatic rings. The van der Waals surface area contributed by atoms with Crippen molar-refractivity contribution in [1.29, 1.82) is 0 Å². The van der Waals surface area contributed by atoms with Crippen molar-refractivity contribution >= 4 is 11.4 Å². The summed E-state index contributed by atoms with van der Waals surface area (Å²) in [6, 6.07) is 7.04. The van der Waals surface area contributed by atoms with E-state index in [-0.39, 0.29) is 0 Å². The maximum Gasteiger partial charge on any atom is 0.0610 e. The number of nitrogens with one attached hydrogen (secondary N) is 1. The minimum Gasteiger partial charge on any atom is -0.379 e. The van der Waals surface area contributed by atoms with Gasteiger partial charge in [-0.15, -0.1) is 0 Å². The Balaban J connectivity index is 2.45. The molecule has 76 valence electrons. The molecule has 2 nitrogen and oxygen atoms in total. The molecule has 14 heavy (non-hydrogen) atoms. The topological polar surface area (TPSA) is 15.3 Å². The quantitative estimate of drug-likeness (QED) is 0.732. The van der Waals surface area contributed by atoms with Gasteiger partial charge in [-0.2, -0.15) is 0 Å². The van der Waals surface area contributed by atoms with Crippen molar-refractivity contribution in [2.24, 2.45) is 0 Å². The summed E-state index contributed by atoms with van der Waals surface area (Å²) in [5, 5.41) is 3.55. The average Bonchev–Trinajstić information content (AvgIpc) is 2.18. The second kappa shape index (κ2) is 3.52. The fourth-order valence-corrected chi connectivity index (χ4v) is 2.12. The summed E-state index contributed by atoms with van der Waals surface area (Å²) in [7, 11) is 0. The van der Waals surface area contributed by atoms with Gasteiger partial charge in [-0.25, -0.2) is 0 Å². The van der Waals surface area contributed by atoms with E-state index < -0.39 is 0 Å². The maximum absolute atomic E-state index is 3.55. The predicted octanol–water partition coefficient (Wildman–Crippen LogP) is 2.64. The summed E-state index contributed by atoms with van der Waals surface area (Å²) in [6.45, 7) is 8.80. The molecular weight excluding hydrogens is 172 g/mol.